The van der Waals surface area contributed by atoms with Crippen LogP contribution in [-0.4, -0.2) is 9.97 Å². The Hall–Kier alpha value is -0.972. The third-order valence-electron chi connectivity index (χ3n) is 1.59. The van der Waals surface area contributed by atoms with Crippen molar-refractivity contribution in [2.75, 3.05) is 0 Å². The minimum Gasteiger partial charge on any atom is -0.598 e. The Morgan fingerprint density at radius 2 is 1.00 bits per heavy atom. The summed E-state index contributed by atoms with van der Waals surface area (Å²) in [5, 5.41) is 0. The molecule has 2 aromatic heterocycles. The van der Waals surface area contributed by atoms with E-state index in [0.29, 0.717) is 0 Å². The fourth-order valence-electron chi connectivity index (χ4n) is 1.03. The Morgan fingerprint density at radius 3 is 1.19 bits per heavy atom. The van der Waals surface area contributed by atoms with E-state index in [1.54, 1.807) is 12.4 Å². The van der Waals surface area contributed by atoms with Gasteiger partial charge in [0, 0.05) is 12.4 Å². The van der Waals surface area contributed by atoms with Gasteiger partial charge in [-0.3, -0.25) is 9.97 Å². The molecule has 0 radical (unpaired) electrons. The molecule has 0 spiro atoms. The number of nitrogens with zero attached hydrogens (tertiary/aromatic N) is 2. The van der Waals surface area contributed by atoms with Crippen LogP contribution in [0, 0.1) is 0 Å². The van der Waals surface area contributed by atoms with Gasteiger partial charge in [-0.05, 0) is 24.3 Å². The molecule has 2 aromatic rings. The minimum absolute atomic E-state index is 0. The minimum atomic E-state index is -3.37. The van der Waals surface area contributed by atoms with Gasteiger partial charge in [-0.15, -0.1) is 0 Å². The second-order valence-electron chi connectivity index (χ2n) is 2.88. The summed E-state index contributed by atoms with van der Waals surface area (Å²) in [5.74, 6) is 0. The van der Waals surface area contributed by atoms with Gasteiger partial charge in [-0.2, -0.15) is 0 Å². The molecule has 0 bridgehead atoms. The van der Waals surface area contributed by atoms with Gasteiger partial charge in [0.2, 0.25) is 0 Å². The third-order valence-corrected chi connectivity index (χ3v) is 1.59. The second kappa shape index (κ2) is 14.0. The predicted octanol–water partition coefficient (Wildman–Crippen LogP) is -1.13. The maximum Gasteiger partial charge on any atom is 4.00 e. The van der Waals surface area contributed by atoms with Crippen molar-refractivity contribution >= 4 is 16.5 Å². The first-order chi connectivity index (χ1) is 9.43. The maximum absolute atomic E-state index is 8.48. The summed E-state index contributed by atoms with van der Waals surface area (Å²) in [5.41, 5.74) is 1.83. The molecule has 0 saturated carbocycles. The van der Waals surface area contributed by atoms with Crippen LogP contribution in [0.1, 0.15) is 0 Å². The zero-order valence-corrected chi connectivity index (χ0v) is 14.2. The van der Waals surface area contributed by atoms with Crippen molar-refractivity contribution in [1.29, 1.82) is 0 Å². The molecule has 11 heteroatoms. The van der Waals surface area contributed by atoms with Crippen molar-refractivity contribution < 1.29 is 49.8 Å². The summed E-state index contributed by atoms with van der Waals surface area (Å²) < 4.78 is 17.0. The van der Waals surface area contributed by atoms with E-state index >= 15 is 0 Å². The third kappa shape index (κ3) is 15.2. The first-order valence-electron chi connectivity index (χ1n) is 4.89. The largest absolute Gasteiger partial charge is 4.00 e. The average Bonchev–Trinajstić information content (AvgIpc) is 2.39. The zero-order valence-electron chi connectivity index (χ0n) is 10.2. The van der Waals surface area contributed by atoms with Gasteiger partial charge < -0.3 is 19.6 Å². The van der Waals surface area contributed by atoms with Crippen molar-refractivity contribution in [3.63, 3.8) is 0 Å². The smallest absolute Gasteiger partial charge is 0.598 e. The van der Waals surface area contributed by atoms with Crippen molar-refractivity contribution in [3.05, 3.63) is 48.8 Å². The Balaban J connectivity index is 0. The number of hydrogen-bond acceptors (Lipinski definition) is 8. The van der Waals surface area contributed by atoms with E-state index < -0.39 is 16.5 Å². The standard InChI is InChI=1S/C10H8N2.2HO3P.Pt/c1-3-7-11-9(5-1)10-6-2-4-8-12-10;2*1-4(2)3;/h1-8H;2*(H,1,2,3);/q;;;+4/p-2. The molecule has 0 atom stereocenters. The van der Waals surface area contributed by atoms with Gasteiger partial charge in [-0.1, -0.05) is 21.3 Å². The van der Waals surface area contributed by atoms with Crippen molar-refractivity contribution in [2.45, 2.75) is 0 Å². The fraction of sp³-hybridized carbons (Fsp3) is 0. The predicted molar refractivity (Wildman–Crippen MR) is 62.7 cm³/mol. The van der Waals surface area contributed by atoms with Crippen molar-refractivity contribution in [3.8, 4) is 11.4 Å². The first-order valence-corrected chi connectivity index (χ1v) is 7.08. The average molecular weight is 509 g/mol. The molecule has 0 unspecified atom stereocenters. The maximum atomic E-state index is 8.48. The monoisotopic (exact) mass is 509 g/mol. The van der Waals surface area contributed by atoms with Crippen LogP contribution >= 0.6 is 16.5 Å². The SMILES string of the molecule is O=[P+]([O-])[O-].O=[P+]([O-])[O-].[Pt+4].c1ccc(-c2ccccn2)nc1. The van der Waals surface area contributed by atoms with E-state index in [9.17, 15) is 0 Å². The van der Waals surface area contributed by atoms with Crippen LogP contribution in [0.2, 0.25) is 0 Å². The Morgan fingerprint density at radius 1 is 0.714 bits per heavy atom. The summed E-state index contributed by atoms with van der Waals surface area (Å²) in [6, 6.07) is 11.6. The Bertz CT molecular complexity index is 474. The van der Waals surface area contributed by atoms with Crippen LogP contribution in [0.4, 0.5) is 0 Å². The molecule has 8 nitrogen and oxygen atoms in total. The van der Waals surface area contributed by atoms with Gasteiger partial charge in [0.05, 0.1) is 11.4 Å². The van der Waals surface area contributed by atoms with Gasteiger partial charge in [0.25, 0.3) is 16.5 Å². The van der Waals surface area contributed by atoms with Gasteiger partial charge in [0.1, 0.15) is 0 Å². The van der Waals surface area contributed by atoms with Gasteiger partial charge in [-0.25, -0.2) is 0 Å². The molecule has 0 N–H and O–H groups in total. The first kappa shape index (κ1) is 22.3. The molecular formula is C10H8N2O6P2Pt+2. The van der Waals surface area contributed by atoms with Gasteiger partial charge in [0.15, 0.2) is 0 Å². The summed E-state index contributed by atoms with van der Waals surface area (Å²) in [6.07, 6.45) is 3.54. The van der Waals surface area contributed by atoms with E-state index in [-0.39, 0.29) is 21.1 Å². The number of hydrogen-bond donors (Lipinski definition) is 0. The topological polar surface area (TPSA) is 152 Å². The molecule has 0 aliphatic rings. The van der Waals surface area contributed by atoms with Crippen LogP contribution < -0.4 is 19.6 Å². The molecule has 0 aliphatic carbocycles. The van der Waals surface area contributed by atoms with Crippen LogP contribution in [-0.2, 0) is 30.2 Å². The molecule has 0 aliphatic heterocycles. The summed E-state index contributed by atoms with van der Waals surface area (Å²) in [6.45, 7) is 0. The van der Waals surface area contributed by atoms with Crippen LogP contribution in [0.25, 0.3) is 11.4 Å². The Kier molecular flexibility index (Phi) is 14.9. The number of aromatic nitrogens is 2. The molecule has 0 amide bonds. The fourth-order valence-corrected chi connectivity index (χ4v) is 1.03. The van der Waals surface area contributed by atoms with E-state index in [1.807, 2.05) is 36.4 Å². The summed E-state index contributed by atoms with van der Waals surface area (Å²) >= 11 is 0. The molecule has 21 heavy (non-hydrogen) atoms. The van der Waals surface area contributed by atoms with Crippen LogP contribution in [0.3, 0.4) is 0 Å². The van der Waals surface area contributed by atoms with Crippen LogP contribution in [0.15, 0.2) is 48.8 Å². The molecule has 2 rings (SSSR count). The molecule has 0 saturated heterocycles. The summed E-state index contributed by atoms with van der Waals surface area (Å²) in [4.78, 5) is 42.3. The molecule has 2 heterocycles. The van der Waals surface area contributed by atoms with Crippen molar-refractivity contribution in [2.24, 2.45) is 0 Å². The molecule has 112 valence electrons. The van der Waals surface area contributed by atoms with E-state index in [2.05, 4.69) is 9.97 Å². The number of pyridine rings is 2. The van der Waals surface area contributed by atoms with Crippen molar-refractivity contribution in [1.82, 2.24) is 9.97 Å². The second-order valence-corrected chi connectivity index (χ2v) is 3.77. The van der Waals surface area contributed by atoms with E-state index in [1.165, 1.54) is 0 Å². The van der Waals surface area contributed by atoms with E-state index in [4.69, 9.17) is 28.7 Å². The van der Waals surface area contributed by atoms with Gasteiger partial charge >= 0.3 is 21.1 Å². The van der Waals surface area contributed by atoms with E-state index in [0.717, 1.165) is 11.4 Å². The Labute approximate surface area is 136 Å². The normalized spacial score (nSPS) is 8.00. The number of rotatable bonds is 1. The zero-order chi connectivity index (χ0) is 15.4. The van der Waals surface area contributed by atoms with Crippen LogP contribution in [0.5, 0.6) is 0 Å². The molecule has 0 aromatic carbocycles. The molecular weight excluding hydrogens is 501 g/mol. The quantitative estimate of drug-likeness (QED) is 0.438. The molecule has 0 fully saturated rings. The summed E-state index contributed by atoms with van der Waals surface area (Å²) in [7, 11) is -6.74.